The Bertz CT molecular complexity index is 1600. The molecule has 0 bridgehead atoms. The van der Waals surface area contributed by atoms with E-state index in [0.717, 1.165) is 17.5 Å². The predicted octanol–water partition coefficient (Wildman–Crippen LogP) is 4.52. The molecule has 1 atom stereocenters. The fourth-order valence-electron chi connectivity index (χ4n) is 4.19. The van der Waals surface area contributed by atoms with E-state index >= 15 is 0 Å². The lowest BCUT2D eigenvalue weighted by atomic mass is 9.97. The van der Waals surface area contributed by atoms with E-state index in [1.807, 2.05) is 37.3 Å². The first-order chi connectivity index (χ1) is 19.8. The van der Waals surface area contributed by atoms with Crippen LogP contribution in [0.5, 0.6) is 11.5 Å². The van der Waals surface area contributed by atoms with Crippen molar-refractivity contribution in [2.75, 3.05) is 19.5 Å². The Balaban J connectivity index is 1.59. The minimum Gasteiger partial charge on any atom is -0.493 e. The number of carbonyl (C=O) groups is 2. The molecular formula is C30H30N6O4S. The average Bonchev–Trinajstić information content (AvgIpc) is 3.45. The molecule has 0 aliphatic rings. The van der Waals surface area contributed by atoms with Gasteiger partial charge in [-0.2, -0.15) is 0 Å². The van der Waals surface area contributed by atoms with E-state index in [1.54, 1.807) is 42.8 Å². The molecule has 4 rings (SSSR count). The van der Waals surface area contributed by atoms with Crippen LogP contribution in [-0.2, 0) is 11.2 Å². The van der Waals surface area contributed by atoms with Crippen LogP contribution >= 0.6 is 11.3 Å². The number of hydrogen-bond donors (Lipinski definition) is 3. The van der Waals surface area contributed by atoms with Gasteiger partial charge in [0.25, 0.3) is 0 Å². The lowest BCUT2D eigenvalue weighted by Crippen LogP contribution is -2.37. The normalized spacial score (nSPS) is 12.0. The molecule has 41 heavy (non-hydrogen) atoms. The highest BCUT2D eigenvalue weighted by Crippen LogP contribution is 2.35. The number of benzene rings is 3. The van der Waals surface area contributed by atoms with E-state index in [4.69, 9.17) is 20.9 Å². The number of ketones is 1. The molecule has 10 nitrogen and oxygen atoms in total. The molecule has 1 heterocycles. The van der Waals surface area contributed by atoms with Crippen molar-refractivity contribution in [3.63, 3.8) is 0 Å². The van der Waals surface area contributed by atoms with Crippen molar-refractivity contribution >= 4 is 46.5 Å². The molecular weight excluding hydrogens is 540 g/mol. The van der Waals surface area contributed by atoms with Crippen LogP contribution < -0.4 is 26.3 Å². The standard InChI is InChI=1S/C30H30N6O4S/c1-18-11-21(14-26(39-2)28(18)40-3)27(37)22-10-9-20(13-24(22)34-17-33-16-31)25-15-41-30(35-25)36-29(38)23(32)12-19-7-5-4-6-8-19/h4-11,13-17,23H,12,32H2,1-3H3,(H2,31,33,34)(H,35,36,38)/t23-/m0/s1. The van der Waals surface area contributed by atoms with Gasteiger partial charge in [-0.3, -0.25) is 9.59 Å². The Kier molecular flexibility index (Phi) is 9.56. The quantitative estimate of drug-likeness (QED) is 0.136. The van der Waals surface area contributed by atoms with Gasteiger partial charge in [0.05, 0.1) is 38.0 Å². The molecule has 5 N–H and O–H groups in total. The van der Waals surface area contributed by atoms with E-state index in [-0.39, 0.29) is 11.7 Å². The van der Waals surface area contributed by atoms with Crippen LogP contribution in [0.1, 0.15) is 27.0 Å². The molecule has 0 fully saturated rings. The van der Waals surface area contributed by atoms with Crippen LogP contribution in [0.2, 0.25) is 0 Å². The Morgan fingerprint density at radius 1 is 1.10 bits per heavy atom. The van der Waals surface area contributed by atoms with Crippen molar-refractivity contribution in [2.24, 2.45) is 21.5 Å². The predicted molar refractivity (Wildman–Crippen MR) is 163 cm³/mol. The lowest BCUT2D eigenvalue weighted by Gasteiger charge is -2.13. The van der Waals surface area contributed by atoms with Crippen molar-refractivity contribution in [3.05, 3.63) is 88.3 Å². The van der Waals surface area contributed by atoms with Gasteiger partial charge >= 0.3 is 0 Å². The zero-order chi connectivity index (χ0) is 29.4. The number of aromatic nitrogens is 1. The van der Waals surface area contributed by atoms with Crippen LogP contribution in [0, 0.1) is 6.92 Å². The number of nitrogens with one attached hydrogen (secondary N) is 1. The number of nitrogens with zero attached hydrogens (tertiary/aromatic N) is 3. The molecule has 0 spiro atoms. The molecule has 0 unspecified atom stereocenters. The smallest absolute Gasteiger partial charge is 0.243 e. The Morgan fingerprint density at radius 2 is 1.88 bits per heavy atom. The summed E-state index contributed by atoms with van der Waals surface area (Å²) in [6.07, 6.45) is 2.77. The van der Waals surface area contributed by atoms with E-state index in [1.165, 1.54) is 24.8 Å². The third-order valence-corrected chi connectivity index (χ3v) is 6.94. The largest absolute Gasteiger partial charge is 0.493 e. The zero-order valence-electron chi connectivity index (χ0n) is 22.8. The van der Waals surface area contributed by atoms with E-state index in [2.05, 4.69) is 20.3 Å². The first kappa shape index (κ1) is 29.1. The number of ether oxygens (including phenoxy) is 2. The van der Waals surface area contributed by atoms with Gasteiger partial charge in [-0.15, -0.1) is 11.3 Å². The molecule has 1 aromatic heterocycles. The summed E-state index contributed by atoms with van der Waals surface area (Å²) in [5, 5.41) is 5.00. The number of thiazole rings is 1. The van der Waals surface area contributed by atoms with Gasteiger partial charge in [-0.1, -0.05) is 36.4 Å². The number of aliphatic imine (C=N–C) groups is 2. The number of carbonyl (C=O) groups excluding carboxylic acids is 2. The highest BCUT2D eigenvalue weighted by atomic mass is 32.1. The van der Waals surface area contributed by atoms with Crippen LogP contribution in [0.3, 0.4) is 0 Å². The van der Waals surface area contributed by atoms with Crippen molar-refractivity contribution in [1.82, 2.24) is 4.98 Å². The van der Waals surface area contributed by atoms with Gasteiger partial charge in [-0.25, -0.2) is 15.0 Å². The molecule has 4 aromatic rings. The Hall–Kier alpha value is -4.87. The number of hydrogen-bond acceptors (Lipinski definition) is 8. The van der Waals surface area contributed by atoms with Crippen molar-refractivity contribution in [3.8, 4) is 22.8 Å². The average molecular weight is 571 g/mol. The van der Waals surface area contributed by atoms with E-state index in [9.17, 15) is 9.59 Å². The fourth-order valence-corrected chi connectivity index (χ4v) is 4.91. The molecule has 0 aliphatic heterocycles. The van der Waals surface area contributed by atoms with Crippen LogP contribution in [0.4, 0.5) is 10.8 Å². The summed E-state index contributed by atoms with van der Waals surface area (Å²) < 4.78 is 10.8. The second-order valence-electron chi connectivity index (χ2n) is 8.96. The molecule has 0 saturated carbocycles. The van der Waals surface area contributed by atoms with Gasteiger partial charge in [0.2, 0.25) is 5.91 Å². The molecule has 1 amide bonds. The number of aryl methyl sites for hydroxylation is 1. The second kappa shape index (κ2) is 13.5. The van der Waals surface area contributed by atoms with Crippen molar-refractivity contribution < 1.29 is 19.1 Å². The SMILES string of the molecule is COc1cc(C(=O)c2ccc(-c3csc(NC(=O)[C@@H](N)Cc4ccccc4)n3)cc2N=CN=CN)cc(C)c1OC. The van der Waals surface area contributed by atoms with Crippen LogP contribution in [0.25, 0.3) is 11.3 Å². The highest BCUT2D eigenvalue weighted by molar-refractivity contribution is 7.14. The summed E-state index contributed by atoms with van der Waals surface area (Å²) in [6, 6.07) is 17.4. The minimum atomic E-state index is -0.723. The van der Waals surface area contributed by atoms with Crippen LogP contribution in [0.15, 0.2) is 76.0 Å². The van der Waals surface area contributed by atoms with Gasteiger partial charge in [0.1, 0.15) is 6.34 Å². The van der Waals surface area contributed by atoms with Crippen molar-refractivity contribution in [1.29, 1.82) is 0 Å². The topological polar surface area (TPSA) is 154 Å². The number of methoxy groups -OCH3 is 2. The molecule has 0 radical (unpaired) electrons. The molecule has 0 aliphatic carbocycles. The highest BCUT2D eigenvalue weighted by Gasteiger charge is 2.20. The second-order valence-corrected chi connectivity index (χ2v) is 9.81. The van der Waals surface area contributed by atoms with Gasteiger partial charge in [-0.05, 0) is 48.7 Å². The number of rotatable bonds is 11. The molecule has 11 heteroatoms. The van der Waals surface area contributed by atoms with Crippen LogP contribution in [-0.4, -0.2) is 49.6 Å². The first-order valence-electron chi connectivity index (χ1n) is 12.6. The molecule has 210 valence electrons. The summed E-state index contributed by atoms with van der Waals surface area (Å²) in [5.74, 6) is 0.419. The maximum absolute atomic E-state index is 13.6. The van der Waals surface area contributed by atoms with E-state index in [0.29, 0.717) is 51.1 Å². The maximum Gasteiger partial charge on any atom is 0.243 e. The Labute approximate surface area is 241 Å². The van der Waals surface area contributed by atoms with Gasteiger partial charge in [0.15, 0.2) is 22.4 Å². The third-order valence-electron chi connectivity index (χ3n) is 6.18. The fraction of sp³-hybridized carbons (Fsp3) is 0.167. The third kappa shape index (κ3) is 7.02. The summed E-state index contributed by atoms with van der Waals surface area (Å²) in [7, 11) is 3.06. The van der Waals surface area contributed by atoms with Gasteiger partial charge < -0.3 is 26.3 Å². The molecule has 3 aromatic carbocycles. The number of anilines is 1. The number of amides is 1. The minimum absolute atomic E-state index is 0.261. The first-order valence-corrected chi connectivity index (χ1v) is 13.5. The summed E-state index contributed by atoms with van der Waals surface area (Å²) >= 11 is 1.27. The van der Waals surface area contributed by atoms with Gasteiger partial charge in [0, 0.05) is 22.1 Å². The summed E-state index contributed by atoms with van der Waals surface area (Å²) in [4.78, 5) is 39.0. The lowest BCUT2D eigenvalue weighted by molar-refractivity contribution is -0.117. The zero-order valence-corrected chi connectivity index (χ0v) is 23.6. The Morgan fingerprint density at radius 3 is 2.59 bits per heavy atom. The van der Waals surface area contributed by atoms with E-state index < -0.39 is 6.04 Å². The van der Waals surface area contributed by atoms with Crippen molar-refractivity contribution in [2.45, 2.75) is 19.4 Å². The summed E-state index contributed by atoms with van der Waals surface area (Å²) in [6.45, 7) is 1.84. The maximum atomic E-state index is 13.6. The monoisotopic (exact) mass is 570 g/mol. The number of nitrogens with two attached hydrogens (primary N) is 2. The molecule has 0 saturated heterocycles. The summed E-state index contributed by atoms with van der Waals surface area (Å²) in [5.41, 5.74) is 15.6.